The Hall–Kier alpha value is -0.200. The number of rotatable bonds is 7. The molecule has 0 bridgehead atoms. The van der Waals surface area contributed by atoms with Gasteiger partial charge in [-0.15, -0.1) is 0 Å². The molecule has 0 aromatic heterocycles. The summed E-state index contributed by atoms with van der Waals surface area (Å²) in [5.74, 6) is 0.745. The summed E-state index contributed by atoms with van der Waals surface area (Å²) in [6.07, 6.45) is 6.70. The van der Waals surface area contributed by atoms with E-state index < -0.39 is 0 Å². The molecule has 3 aliphatic rings. The van der Waals surface area contributed by atoms with Gasteiger partial charge in [0.2, 0.25) is 0 Å². The Morgan fingerprint density at radius 3 is 3.05 bits per heavy atom. The van der Waals surface area contributed by atoms with Crippen LogP contribution in [0.4, 0.5) is 0 Å². The molecule has 5 nitrogen and oxygen atoms in total. The van der Waals surface area contributed by atoms with Gasteiger partial charge in [0.15, 0.2) is 0 Å². The highest BCUT2D eigenvalue weighted by molar-refractivity contribution is 4.93. The van der Waals surface area contributed by atoms with E-state index >= 15 is 0 Å². The van der Waals surface area contributed by atoms with Crippen LogP contribution in [0.15, 0.2) is 0 Å². The zero-order valence-corrected chi connectivity index (χ0v) is 14.1. The van der Waals surface area contributed by atoms with E-state index in [4.69, 9.17) is 9.47 Å². The van der Waals surface area contributed by atoms with Crippen molar-refractivity contribution >= 4 is 0 Å². The SMILES string of the molecule is COCCN1CCCC1CNC1CCCC1C1COCCN1. The molecule has 5 heteroatoms. The predicted molar refractivity (Wildman–Crippen MR) is 88.2 cm³/mol. The number of nitrogens with one attached hydrogen (secondary N) is 2. The zero-order chi connectivity index (χ0) is 15.2. The summed E-state index contributed by atoms with van der Waals surface area (Å²) in [6.45, 7) is 7.09. The van der Waals surface area contributed by atoms with E-state index in [1.807, 2.05) is 0 Å². The molecule has 4 unspecified atom stereocenters. The second-order valence-electron chi connectivity index (χ2n) is 7.07. The standard InChI is InChI=1S/C17H33N3O2/c1-21-11-9-20-8-3-4-14(20)12-19-16-6-2-5-15(16)17-13-22-10-7-18-17/h14-19H,2-13H2,1H3. The minimum Gasteiger partial charge on any atom is -0.383 e. The van der Waals surface area contributed by atoms with Gasteiger partial charge >= 0.3 is 0 Å². The van der Waals surface area contributed by atoms with Gasteiger partial charge in [-0.3, -0.25) is 4.90 Å². The Kier molecular flexibility index (Phi) is 6.51. The lowest BCUT2D eigenvalue weighted by molar-refractivity contribution is 0.0519. The Morgan fingerprint density at radius 1 is 1.27 bits per heavy atom. The Labute approximate surface area is 135 Å². The van der Waals surface area contributed by atoms with Crippen molar-refractivity contribution < 1.29 is 9.47 Å². The van der Waals surface area contributed by atoms with Crippen LogP contribution >= 0.6 is 0 Å². The summed E-state index contributed by atoms with van der Waals surface area (Å²) in [5, 5.41) is 7.56. The maximum Gasteiger partial charge on any atom is 0.0623 e. The molecule has 1 aliphatic carbocycles. The minimum atomic E-state index is 0.557. The quantitative estimate of drug-likeness (QED) is 0.730. The highest BCUT2D eigenvalue weighted by atomic mass is 16.5. The van der Waals surface area contributed by atoms with Crippen LogP contribution in [-0.2, 0) is 9.47 Å². The first-order valence-corrected chi connectivity index (χ1v) is 9.16. The van der Waals surface area contributed by atoms with Gasteiger partial charge < -0.3 is 20.1 Å². The molecular weight excluding hydrogens is 278 g/mol. The molecule has 128 valence electrons. The van der Waals surface area contributed by atoms with Crippen LogP contribution in [0.25, 0.3) is 0 Å². The largest absolute Gasteiger partial charge is 0.383 e. The summed E-state index contributed by atoms with van der Waals surface area (Å²) in [6, 6.07) is 1.93. The van der Waals surface area contributed by atoms with Crippen molar-refractivity contribution in [1.29, 1.82) is 0 Å². The number of hydrogen-bond donors (Lipinski definition) is 2. The summed E-state index contributed by atoms with van der Waals surface area (Å²) >= 11 is 0. The average molecular weight is 311 g/mol. The first-order chi connectivity index (χ1) is 10.9. The second kappa shape index (κ2) is 8.60. The van der Waals surface area contributed by atoms with Crippen molar-refractivity contribution in [3.05, 3.63) is 0 Å². The van der Waals surface area contributed by atoms with E-state index in [0.717, 1.165) is 45.4 Å². The number of likely N-dealkylation sites (tertiary alicyclic amines) is 1. The van der Waals surface area contributed by atoms with Crippen LogP contribution in [0.2, 0.25) is 0 Å². The van der Waals surface area contributed by atoms with Crippen molar-refractivity contribution in [2.45, 2.75) is 50.2 Å². The summed E-state index contributed by atoms with van der Waals surface area (Å²) < 4.78 is 10.9. The van der Waals surface area contributed by atoms with Crippen molar-refractivity contribution in [2.75, 3.05) is 53.1 Å². The molecule has 0 radical (unpaired) electrons. The number of hydrogen-bond acceptors (Lipinski definition) is 5. The van der Waals surface area contributed by atoms with Gasteiger partial charge in [0.05, 0.1) is 19.8 Å². The number of morpholine rings is 1. The van der Waals surface area contributed by atoms with E-state index in [1.54, 1.807) is 7.11 Å². The lowest BCUT2D eigenvalue weighted by Gasteiger charge is -2.34. The maximum atomic E-state index is 5.67. The van der Waals surface area contributed by atoms with Crippen molar-refractivity contribution in [1.82, 2.24) is 15.5 Å². The van der Waals surface area contributed by atoms with Crippen LogP contribution in [0.5, 0.6) is 0 Å². The maximum absolute atomic E-state index is 5.67. The van der Waals surface area contributed by atoms with Gasteiger partial charge in [-0.2, -0.15) is 0 Å². The molecule has 0 aromatic carbocycles. The highest BCUT2D eigenvalue weighted by Gasteiger charge is 2.35. The summed E-state index contributed by atoms with van der Waals surface area (Å²) in [5.41, 5.74) is 0. The lowest BCUT2D eigenvalue weighted by Crippen LogP contribution is -2.52. The topological polar surface area (TPSA) is 45.8 Å². The molecule has 0 aromatic rings. The average Bonchev–Trinajstić information content (AvgIpc) is 3.20. The molecule has 2 heterocycles. The van der Waals surface area contributed by atoms with Gasteiger partial charge in [-0.25, -0.2) is 0 Å². The Balaban J connectivity index is 1.45. The third-order valence-electron chi connectivity index (χ3n) is 5.73. The van der Waals surface area contributed by atoms with Crippen LogP contribution in [0, 0.1) is 5.92 Å². The van der Waals surface area contributed by atoms with Crippen molar-refractivity contribution in [3.8, 4) is 0 Å². The molecule has 0 amide bonds. The van der Waals surface area contributed by atoms with Crippen LogP contribution < -0.4 is 10.6 Å². The molecule has 2 N–H and O–H groups in total. The zero-order valence-electron chi connectivity index (χ0n) is 14.1. The molecule has 2 saturated heterocycles. The molecule has 2 aliphatic heterocycles. The van der Waals surface area contributed by atoms with E-state index in [1.165, 1.54) is 38.6 Å². The van der Waals surface area contributed by atoms with Gasteiger partial charge in [0.1, 0.15) is 0 Å². The monoisotopic (exact) mass is 311 g/mol. The first kappa shape index (κ1) is 16.7. The molecule has 4 atom stereocenters. The van der Waals surface area contributed by atoms with Gasteiger partial charge in [-0.05, 0) is 38.1 Å². The minimum absolute atomic E-state index is 0.557. The fourth-order valence-corrected chi connectivity index (χ4v) is 4.50. The third kappa shape index (κ3) is 4.20. The number of ether oxygens (including phenoxy) is 2. The van der Waals surface area contributed by atoms with Crippen molar-refractivity contribution in [3.63, 3.8) is 0 Å². The van der Waals surface area contributed by atoms with E-state index in [9.17, 15) is 0 Å². The fourth-order valence-electron chi connectivity index (χ4n) is 4.50. The third-order valence-corrected chi connectivity index (χ3v) is 5.73. The normalized spacial score (nSPS) is 37.0. The Bertz CT molecular complexity index is 323. The van der Waals surface area contributed by atoms with Crippen LogP contribution in [-0.4, -0.2) is 76.1 Å². The van der Waals surface area contributed by atoms with Gasteiger partial charge in [0.25, 0.3) is 0 Å². The molecule has 0 spiro atoms. The predicted octanol–water partition coefficient (Wildman–Crippen LogP) is 0.844. The lowest BCUT2D eigenvalue weighted by atomic mass is 9.94. The van der Waals surface area contributed by atoms with Crippen LogP contribution in [0.1, 0.15) is 32.1 Å². The van der Waals surface area contributed by atoms with Crippen molar-refractivity contribution in [2.24, 2.45) is 5.92 Å². The summed E-state index contributed by atoms with van der Waals surface area (Å²) in [4.78, 5) is 2.60. The van der Waals surface area contributed by atoms with E-state index in [0.29, 0.717) is 18.1 Å². The van der Waals surface area contributed by atoms with E-state index in [-0.39, 0.29) is 0 Å². The highest BCUT2D eigenvalue weighted by Crippen LogP contribution is 2.30. The fraction of sp³-hybridized carbons (Fsp3) is 1.00. The smallest absolute Gasteiger partial charge is 0.0623 e. The molecule has 3 fully saturated rings. The first-order valence-electron chi connectivity index (χ1n) is 9.16. The summed E-state index contributed by atoms with van der Waals surface area (Å²) in [7, 11) is 1.80. The van der Waals surface area contributed by atoms with Gasteiger partial charge in [-0.1, -0.05) is 6.42 Å². The number of methoxy groups -OCH3 is 1. The second-order valence-corrected chi connectivity index (χ2v) is 7.07. The number of nitrogens with zero attached hydrogens (tertiary/aromatic N) is 1. The molecule has 3 rings (SSSR count). The molecular formula is C17H33N3O2. The van der Waals surface area contributed by atoms with Crippen LogP contribution in [0.3, 0.4) is 0 Å². The molecule has 22 heavy (non-hydrogen) atoms. The molecule has 1 saturated carbocycles. The van der Waals surface area contributed by atoms with E-state index in [2.05, 4.69) is 15.5 Å². The Morgan fingerprint density at radius 2 is 2.23 bits per heavy atom. The van der Waals surface area contributed by atoms with Gasteiger partial charge in [0, 0.05) is 44.9 Å².